The van der Waals surface area contributed by atoms with Crippen LogP contribution < -0.4 is 9.80 Å². The van der Waals surface area contributed by atoms with Crippen LogP contribution >= 0.6 is 0 Å². The Balaban J connectivity index is 1.00. The van der Waals surface area contributed by atoms with Crippen LogP contribution in [0.15, 0.2) is 109 Å². The molecule has 5 atom stereocenters. The van der Waals surface area contributed by atoms with Gasteiger partial charge >= 0.3 is 0 Å². The fraction of sp³-hybridized carbons (Fsp3) is 0.311. The number of hydrogen-bond acceptors (Lipinski definition) is 6. The lowest BCUT2D eigenvalue weighted by Crippen LogP contribution is -2.48. The molecule has 4 heterocycles. The van der Waals surface area contributed by atoms with E-state index in [9.17, 15) is 24.6 Å². The molecule has 1 fully saturated rings. The number of carbonyl (C=O) groups excluding carboxylic acids is 3. The maximum atomic E-state index is 14.9. The Hall–Kier alpha value is -5.35. The van der Waals surface area contributed by atoms with Crippen molar-refractivity contribution in [3.63, 3.8) is 0 Å². The summed E-state index contributed by atoms with van der Waals surface area (Å²) >= 11 is 0. The Morgan fingerprint density at radius 3 is 2.30 bits per heavy atom. The number of carbonyl (C=O) groups is 3. The number of aliphatic hydroxyl groups excluding tert-OH is 1. The zero-order valence-electron chi connectivity index (χ0n) is 30.6. The third-order valence-electron chi connectivity index (χ3n) is 12.2. The van der Waals surface area contributed by atoms with Crippen molar-refractivity contribution in [2.75, 3.05) is 16.4 Å². The molecule has 4 aliphatic rings. The first-order valence-electron chi connectivity index (χ1n) is 18.7. The van der Waals surface area contributed by atoms with Crippen LogP contribution in [0.1, 0.15) is 59.8 Å². The van der Waals surface area contributed by atoms with Crippen LogP contribution in [0.2, 0.25) is 0 Å². The summed E-state index contributed by atoms with van der Waals surface area (Å²) in [6.45, 7) is 5.86. The minimum absolute atomic E-state index is 0.0386. The highest BCUT2D eigenvalue weighted by Gasteiger charge is 2.66. The van der Waals surface area contributed by atoms with E-state index < -0.39 is 29.1 Å². The largest absolute Gasteiger partial charge is 0.394 e. The predicted molar refractivity (Wildman–Crippen MR) is 206 cm³/mol. The zero-order valence-corrected chi connectivity index (χ0v) is 30.6. The number of nitrogens with zero attached hydrogens (tertiary/aromatic N) is 3. The Morgan fingerprint density at radius 1 is 0.870 bits per heavy atom. The lowest BCUT2D eigenvalue weighted by Gasteiger charge is -2.38. The number of fused-ring (bicyclic) bond motifs is 3. The summed E-state index contributed by atoms with van der Waals surface area (Å²) in [5, 5.41) is 23.9. The van der Waals surface area contributed by atoms with E-state index in [2.05, 4.69) is 0 Å². The zero-order chi connectivity index (χ0) is 37.5. The molecule has 9 rings (SSSR count). The fourth-order valence-corrected chi connectivity index (χ4v) is 9.83. The topological polar surface area (TPSA) is 111 Å². The molecule has 3 amide bonds. The summed E-state index contributed by atoms with van der Waals surface area (Å²) in [5.41, 5.74) is 4.08. The van der Waals surface area contributed by atoms with Crippen molar-refractivity contribution in [1.29, 1.82) is 0 Å². The molecule has 0 aromatic heterocycles. The van der Waals surface area contributed by atoms with Crippen LogP contribution in [-0.4, -0.2) is 57.2 Å². The SMILES string of the molecule is C[C@H]1[C@H](C(C)(C)O)[C@@H](CC(=O)N2Cc3ccccc3C[C@H]2CO)O[C@]12C(=O)N(Cc1ccc(N3C(=O)c4cccc5cccc3c45)cc1)c1ccccc12. The molecule has 5 aromatic rings. The van der Waals surface area contributed by atoms with Gasteiger partial charge in [0.15, 0.2) is 5.60 Å². The van der Waals surface area contributed by atoms with Crippen LogP contribution in [0.5, 0.6) is 0 Å². The first kappa shape index (κ1) is 34.4. The van der Waals surface area contributed by atoms with Crippen LogP contribution in [0.3, 0.4) is 0 Å². The van der Waals surface area contributed by atoms with Crippen molar-refractivity contribution in [3.8, 4) is 0 Å². The molecule has 0 bridgehead atoms. The molecule has 54 heavy (non-hydrogen) atoms. The third kappa shape index (κ3) is 5.13. The van der Waals surface area contributed by atoms with E-state index in [1.807, 2.05) is 116 Å². The second kappa shape index (κ2) is 12.6. The molecule has 9 heteroatoms. The Labute approximate surface area is 314 Å². The van der Waals surface area contributed by atoms with Crippen molar-refractivity contribution in [2.45, 2.75) is 70.1 Å². The highest BCUT2D eigenvalue weighted by molar-refractivity contribution is 6.27. The molecular formula is C45H43N3O6. The molecule has 0 saturated carbocycles. The second-order valence-electron chi connectivity index (χ2n) is 15.8. The highest BCUT2D eigenvalue weighted by atomic mass is 16.5. The minimum atomic E-state index is -1.41. The quantitative estimate of drug-likeness (QED) is 0.195. The van der Waals surface area contributed by atoms with Crippen LogP contribution in [0.25, 0.3) is 10.8 Å². The van der Waals surface area contributed by atoms with Crippen LogP contribution in [0.4, 0.5) is 17.1 Å². The van der Waals surface area contributed by atoms with Gasteiger partial charge in [0.05, 0.1) is 54.3 Å². The van der Waals surface area contributed by atoms with Crippen molar-refractivity contribution >= 4 is 45.6 Å². The predicted octanol–water partition coefficient (Wildman–Crippen LogP) is 6.63. The van der Waals surface area contributed by atoms with Crippen LogP contribution in [-0.2, 0) is 39.4 Å². The first-order chi connectivity index (χ1) is 26.0. The average molecular weight is 722 g/mol. The number of para-hydroxylation sites is 1. The number of hydrogen-bond donors (Lipinski definition) is 2. The standard InChI is InChI=1S/C45H43N3O6/c1-27-41(44(2,3)53)38(23-39(50)46-25-31-11-5-4-10-30(31)22-33(46)26-49)54-45(27)35-15-6-7-16-36(35)47(43(45)52)24-28-18-20-32(21-19-28)48-37-17-9-13-29-12-8-14-34(40(29)37)42(48)51/h4-21,27,33,38,41,49,53H,22-26H2,1-3H3/t27-,33-,38+,41-,45+/m0/s1. The molecule has 5 aromatic carbocycles. The van der Waals surface area contributed by atoms with E-state index in [1.54, 1.807) is 28.5 Å². The summed E-state index contributed by atoms with van der Waals surface area (Å²) in [6, 6.07) is 34.7. The smallest absolute Gasteiger partial charge is 0.264 e. The summed E-state index contributed by atoms with van der Waals surface area (Å²) < 4.78 is 6.92. The van der Waals surface area contributed by atoms with Crippen molar-refractivity contribution in [2.24, 2.45) is 11.8 Å². The van der Waals surface area contributed by atoms with Crippen molar-refractivity contribution in [1.82, 2.24) is 4.90 Å². The van der Waals surface area contributed by atoms with Crippen molar-refractivity contribution < 1.29 is 29.3 Å². The molecule has 0 unspecified atom stereocenters. The molecule has 1 saturated heterocycles. The number of anilines is 3. The molecule has 2 N–H and O–H groups in total. The van der Waals surface area contributed by atoms with Gasteiger partial charge in [-0.2, -0.15) is 0 Å². The molecular weight excluding hydrogens is 679 g/mol. The van der Waals surface area contributed by atoms with Gasteiger partial charge < -0.3 is 24.7 Å². The van der Waals surface area contributed by atoms with E-state index >= 15 is 0 Å². The second-order valence-corrected chi connectivity index (χ2v) is 15.8. The first-order valence-corrected chi connectivity index (χ1v) is 18.7. The summed E-state index contributed by atoms with van der Waals surface area (Å²) in [5.74, 6) is -1.51. The Bertz CT molecular complexity index is 2330. The molecule has 9 nitrogen and oxygen atoms in total. The number of rotatable bonds is 7. The van der Waals surface area contributed by atoms with E-state index in [1.165, 1.54) is 0 Å². The summed E-state index contributed by atoms with van der Waals surface area (Å²) in [4.78, 5) is 47.8. The lowest BCUT2D eigenvalue weighted by atomic mass is 9.70. The van der Waals surface area contributed by atoms with Gasteiger partial charge in [-0.05, 0) is 72.7 Å². The van der Waals surface area contributed by atoms with Gasteiger partial charge in [-0.25, -0.2) is 0 Å². The maximum Gasteiger partial charge on any atom is 0.264 e. The van der Waals surface area contributed by atoms with Crippen molar-refractivity contribution in [3.05, 3.63) is 137 Å². The molecule has 4 aliphatic heterocycles. The van der Waals surface area contributed by atoms with E-state index in [0.717, 1.165) is 50.1 Å². The number of aliphatic hydroxyl groups is 2. The lowest BCUT2D eigenvalue weighted by molar-refractivity contribution is -0.151. The average Bonchev–Trinajstić information content (AvgIpc) is 3.73. The monoisotopic (exact) mass is 721 g/mol. The van der Waals surface area contributed by atoms with E-state index in [-0.39, 0.29) is 43.3 Å². The normalized spacial score (nSPS) is 24.5. The highest BCUT2D eigenvalue weighted by Crippen LogP contribution is 2.58. The summed E-state index contributed by atoms with van der Waals surface area (Å²) in [7, 11) is 0. The Morgan fingerprint density at radius 2 is 1.56 bits per heavy atom. The number of benzene rings is 5. The van der Waals surface area contributed by atoms with Gasteiger partial charge in [0.25, 0.3) is 11.8 Å². The van der Waals surface area contributed by atoms with E-state index in [4.69, 9.17) is 4.74 Å². The minimum Gasteiger partial charge on any atom is -0.394 e. The van der Waals surface area contributed by atoms with Gasteiger partial charge in [0.1, 0.15) is 0 Å². The van der Waals surface area contributed by atoms with Gasteiger partial charge in [-0.3, -0.25) is 19.3 Å². The molecule has 0 radical (unpaired) electrons. The van der Waals surface area contributed by atoms with Gasteiger partial charge in [-0.15, -0.1) is 0 Å². The Kier molecular flexibility index (Phi) is 8.04. The van der Waals surface area contributed by atoms with Gasteiger partial charge in [0.2, 0.25) is 5.91 Å². The van der Waals surface area contributed by atoms with E-state index in [0.29, 0.717) is 18.5 Å². The molecule has 0 aliphatic carbocycles. The van der Waals surface area contributed by atoms with Gasteiger partial charge in [0, 0.05) is 35.0 Å². The third-order valence-corrected chi connectivity index (χ3v) is 12.2. The molecule has 274 valence electrons. The number of ether oxygens (including phenoxy) is 1. The maximum absolute atomic E-state index is 14.9. The fourth-order valence-electron chi connectivity index (χ4n) is 9.83. The molecule has 1 spiro atoms. The number of amides is 3. The summed E-state index contributed by atoms with van der Waals surface area (Å²) in [6.07, 6.45) is -0.241. The van der Waals surface area contributed by atoms with Crippen LogP contribution in [0, 0.1) is 11.8 Å². The van der Waals surface area contributed by atoms with Gasteiger partial charge in [-0.1, -0.05) is 85.8 Å².